The number of nitrogens with one attached hydrogen (secondary N) is 1. The summed E-state index contributed by atoms with van der Waals surface area (Å²) < 4.78 is 39.0. The van der Waals surface area contributed by atoms with E-state index in [1.54, 1.807) is 69.5 Å². The van der Waals surface area contributed by atoms with Crippen LogP contribution in [0.1, 0.15) is 55.9 Å². The molecule has 0 atom stereocenters. The Kier molecular flexibility index (Phi) is 9.88. The number of hydrogen-bond donors (Lipinski definition) is 2. The number of ether oxygens (including phenoxy) is 3. The Bertz CT molecular complexity index is 1710. The molecule has 5 rings (SSSR count). The molecule has 8 nitrogen and oxygen atoms in total. The van der Waals surface area contributed by atoms with Gasteiger partial charge < -0.3 is 29.1 Å². The third kappa shape index (κ3) is 8.30. The molecule has 9 heteroatoms. The van der Waals surface area contributed by atoms with Gasteiger partial charge in [-0.15, -0.1) is 0 Å². The van der Waals surface area contributed by atoms with Crippen LogP contribution in [-0.2, 0) is 33.7 Å². The topological polar surface area (TPSA) is 107 Å². The molecule has 2 heterocycles. The number of carbonyl (C=O) groups excluding carboxylic acids is 1. The van der Waals surface area contributed by atoms with Crippen molar-refractivity contribution in [3.63, 3.8) is 0 Å². The summed E-state index contributed by atoms with van der Waals surface area (Å²) in [5, 5.41) is 12.8. The van der Waals surface area contributed by atoms with Gasteiger partial charge in [-0.25, -0.2) is 9.18 Å². The van der Waals surface area contributed by atoms with Crippen LogP contribution in [0.2, 0.25) is 0 Å². The van der Waals surface area contributed by atoms with Crippen molar-refractivity contribution in [3.05, 3.63) is 94.5 Å². The number of fused-ring (bicyclic) bond motifs is 1. The van der Waals surface area contributed by atoms with Crippen LogP contribution < -0.4 is 10.1 Å². The van der Waals surface area contributed by atoms with Crippen LogP contribution in [0.3, 0.4) is 0 Å². The summed E-state index contributed by atoms with van der Waals surface area (Å²) in [6, 6.07) is 16.1. The fourth-order valence-electron chi connectivity index (χ4n) is 5.31. The van der Waals surface area contributed by atoms with Gasteiger partial charge in [-0.1, -0.05) is 48.0 Å². The summed E-state index contributed by atoms with van der Waals surface area (Å²) in [4.78, 5) is 23.4. The van der Waals surface area contributed by atoms with E-state index in [0.717, 1.165) is 29.4 Å². The first-order valence-corrected chi connectivity index (χ1v) is 15.1. The molecule has 2 N–H and O–H groups in total. The molecule has 3 aromatic carbocycles. The molecular weight excluding hydrogens is 577 g/mol. The highest BCUT2D eigenvalue weighted by molar-refractivity contribution is 5.93. The van der Waals surface area contributed by atoms with Crippen molar-refractivity contribution in [1.82, 2.24) is 5.32 Å². The quantitative estimate of drug-likeness (QED) is 0.188. The Morgan fingerprint density at radius 3 is 2.53 bits per heavy atom. The zero-order valence-electron chi connectivity index (χ0n) is 25.8. The van der Waals surface area contributed by atoms with Gasteiger partial charge in [0.05, 0.1) is 25.9 Å². The third-order valence-corrected chi connectivity index (χ3v) is 7.43. The van der Waals surface area contributed by atoms with Crippen molar-refractivity contribution >= 4 is 29.1 Å². The van der Waals surface area contributed by atoms with Crippen molar-refractivity contribution in [2.24, 2.45) is 0 Å². The molecule has 1 aromatic heterocycles. The molecule has 236 valence electrons. The van der Waals surface area contributed by atoms with Crippen molar-refractivity contribution in [1.29, 1.82) is 0 Å². The van der Waals surface area contributed by atoms with Crippen LogP contribution in [0, 0.1) is 5.82 Å². The number of halogens is 1. The van der Waals surface area contributed by atoms with E-state index in [2.05, 4.69) is 11.4 Å². The molecule has 1 aliphatic heterocycles. The smallest absolute Gasteiger partial charge is 0.407 e. The highest BCUT2D eigenvalue weighted by Gasteiger charge is 2.19. The lowest BCUT2D eigenvalue weighted by atomic mass is 9.95. The van der Waals surface area contributed by atoms with E-state index in [1.165, 1.54) is 5.57 Å². The summed E-state index contributed by atoms with van der Waals surface area (Å²) in [6.07, 6.45) is 4.92. The highest BCUT2D eigenvalue weighted by atomic mass is 19.1. The zero-order chi connectivity index (χ0) is 32.0. The first kappa shape index (κ1) is 31.8. The second-order valence-corrected chi connectivity index (χ2v) is 12.0. The van der Waals surface area contributed by atoms with Gasteiger partial charge >= 0.3 is 12.1 Å². The monoisotopic (exact) mass is 615 g/mol. The molecule has 0 saturated carbocycles. The number of furan rings is 1. The van der Waals surface area contributed by atoms with Crippen LogP contribution in [0.15, 0.2) is 70.9 Å². The average molecular weight is 616 g/mol. The Morgan fingerprint density at radius 2 is 1.78 bits per heavy atom. The van der Waals surface area contributed by atoms with Crippen LogP contribution >= 0.6 is 0 Å². The molecule has 0 unspecified atom stereocenters. The van der Waals surface area contributed by atoms with Gasteiger partial charge in [-0.05, 0) is 69.4 Å². The van der Waals surface area contributed by atoms with Crippen molar-refractivity contribution in [2.75, 3.05) is 19.8 Å². The van der Waals surface area contributed by atoms with Crippen LogP contribution in [0.4, 0.5) is 9.18 Å². The molecule has 1 amide bonds. The Hall–Kier alpha value is -4.63. The maximum Gasteiger partial charge on any atom is 0.407 e. The van der Waals surface area contributed by atoms with Crippen LogP contribution in [0.5, 0.6) is 5.75 Å². The highest BCUT2D eigenvalue weighted by Crippen LogP contribution is 2.35. The van der Waals surface area contributed by atoms with Crippen LogP contribution in [0.25, 0.3) is 28.2 Å². The number of rotatable bonds is 10. The summed E-state index contributed by atoms with van der Waals surface area (Å²) in [6.45, 7) is 7.01. The van der Waals surface area contributed by atoms with Gasteiger partial charge in [0, 0.05) is 34.2 Å². The molecule has 4 aromatic rings. The minimum absolute atomic E-state index is 0.135. The van der Waals surface area contributed by atoms with E-state index >= 15 is 4.39 Å². The molecule has 1 fully saturated rings. The fourth-order valence-corrected chi connectivity index (χ4v) is 5.31. The van der Waals surface area contributed by atoms with Gasteiger partial charge in [-0.2, -0.15) is 0 Å². The molecule has 0 radical (unpaired) electrons. The number of amides is 1. The summed E-state index contributed by atoms with van der Waals surface area (Å²) >= 11 is 0. The predicted octanol–water partition coefficient (Wildman–Crippen LogP) is 7.71. The van der Waals surface area contributed by atoms with E-state index in [0.29, 0.717) is 53.2 Å². The third-order valence-electron chi connectivity index (χ3n) is 7.43. The van der Waals surface area contributed by atoms with Crippen molar-refractivity contribution in [2.45, 2.75) is 58.7 Å². The second kappa shape index (κ2) is 14.0. The number of carbonyl (C=O) groups is 2. The first-order chi connectivity index (χ1) is 21.6. The first-order valence-electron chi connectivity index (χ1n) is 15.1. The normalized spacial score (nSPS) is 13.5. The molecular formula is C36H38FNO7. The maximum absolute atomic E-state index is 16.0. The minimum Gasteiger partial charge on any atom is -0.488 e. The zero-order valence-corrected chi connectivity index (χ0v) is 25.8. The summed E-state index contributed by atoms with van der Waals surface area (Å²) in [5.41, 5.74) is 4.99. The van der Waals surface area contributed by atoms with E-state index in [-0.39, 0.29) is 25.4 Å². The number of alkyl carbamates (subject to hydrolysis) is 1. The van der Waals surface area contributed by atoms with Crippen LogP contribution in [-0.4, -0.2) is 42.5 Å². The largest absolute Gasteiger partial charge is 0.488 e. The average Bonchev–Trinajstić information content (AvgIpc) is 3.40. The molecule has 0 aliphatic carbocycles. The van der Waals surface area contributed by atoms with E-state index in [4.69, 9.17) is 18.6 Å². The van der Waals surface area contributed by atoms with Gasteiger partial charge in [0.2, 0.25) is 0 Å². The van der Waals surface area contributed by atoms with Gasteiger partial charge in [-0.3, -0.25) is 4.79 Å². The van der Waals surface area contributed by atoms with Gasteiger partial charge in [0.1, 0.15) is 29.4 Å². The van der Waals surface area contributed by atoms with E-state index < -0.39 is 17.7 Å². The maximum atomic E-state index is 16.0. The lowest BCUT2D eigenvalue weighted by molar-refractivity contribution is -0.136. The standard InChI is InChI=1S/C36H38FNO7/c1-36(2,3)45-35(41)38-14-11-24-8-6-9-29(33(24)37)26-18-27(17-23-12-15-42-16-13-23)34-30(19-26)28(22-44-34)21-43-31-10-5-4-7-25(31)20-32(39)40/h4-10,17-19,22H,11-16,20-21H2,1-3H3,(H,38,41)(H,39,40). The number of benzene rings is 3. The number of carboxylic acids is 1. The lowest BCUT2D eigenvalue weighted by Crippen LogP contribution is -2.33. The molecule has 0 bridgehead atoms. The number of hydrogen-bond acceptors (Lipinski definition) is 6. The summed E-state index contributed by atoms with van der Waals surface area (Å²) in [7, 11) is 0. The Labute approximate surface area is 261 Å². The van der Waals surface area contributed by atoms with Crippen molar-refractivity contribution in [3.8, 4) is 16.9 Å². The number of carboxylic acid groups (broad SMARTS) is 1. The molecule has 45 heavy (non-hydrogen) atoms. The lowest BCUT2D eigenvalue weighted by Gasteiger charge is -2.19. The molecule has 0 spiro atoms. The van der Waals surface area contributed by atoms with Crippen molar-refractivity contribution < 1.29 is 37.7 Å². The van der Waals surface area contributed by atoms with Gasteiger partial charge in [0.15, 0.2) is 0 Å². The number of para-hydroxylation sites is 1. The molecule has 1 saturated heterocycles. The Balaban J connectivity index is 1.47. The van der Waals surface area contributed by atoms with E-state index in [9.17, 15) is 14.7 Å². The Morgan fingerprint density at radius 1 is 1.02 bits per heavy atom. The fraction of sp³-hybridized carbons (Fsp3) is 0.333. The summed E-state index contributed by atoms with van der Waals surface area (Å²) in [5.74, 6) is -0.829. The predicted molar refractivity (Wildman–Crippen MR) is 170 cm³/mol. The van der Waals surface area contributed by atoms with E-state index in [1.807, 2.05) is 12.1 Å². The minimum atomic E-state index is -0.944. The van der Waals surface area contributed by atoms with Gasteiger partial charge in [0.25, 0.3) is 0 Å². The number of aliphatic carboxylic acids is 1. The second-order valence-electron chi connectivity index (χ2n) is 12.0. The molecule has 1 aliphatic rings. The SMILES string of the molecule is CC(C)(C)OC(=O)NCCc1cccc(-c2cc(C=C3CCOCC3)c3occ(COc4ccccc4CC(=O)O)c3c2)c1F.